The Morgan fingerprint density at radius 2 is 2.07 bits per heavy atom. The number of hydrogen-bond donors (Lipinski definition) is 1. The summed E-state index contributed by atoms with van der Waals surface area (Å²) >= 11 is 0. The molecule has 3 nitrogen and oxygen atoms in total. The van der Waals surface area contributed by atoms with E-state index in [0.29, 0.717) is 0 Å². The van der Waals surface area contributed by atoms with Gasteiger partial charge in [-0.2, -0.15) is 0 Å². The molecule has 3 heteroatoms. The van der Waals surface area contributed by atoms with E-state index in [1.54, 1.807) is 24.3 Å². The van der Waals surface area contributed by atoms with Crippen LogP contribution in [0.3, 0.4) is 0 Å². The van der Waals surface area contributed by atoms with Crippen molar-refractivity contribution in [2.75, 3.05) is 7.11 Å². The molecular formula is C12H14O3. The normalized spacial score (nSPS) is 14.0. The van der Waals surface area contributed by atoms with Gasteiger partial charge in [0, 0.05) is 0 Å². The number of methoxy groups -OCH3 is 1. The second-order valence-electron chi connectivity index (χ2n) is 3.14. The maximum Gasteiger partial charge on any atom is 0.316 e. The van der Waals surface area contributed by atoms with E-state index in [1.807, 2.05) is 6.07 Å². The molecule has 0 amide bonds. The minimum absolute atomic E-state index is 0.464. The number of ether oxygens (including phenoxy) is 1. The van der Waals surface area contributed by atoms with Gasteiger partial charge in [0.2, 0.25) is 0 Å². The molecule has 0 spiro atoms. The molecule has 15 heavy (non-hydrogen) atoms. The summed E-state index contributed by atoms with van der Waals surface area (Å²) < 4.78 is 4.64. The van der Waals surface area contributed by atoms with Crippen LogP contribution in [-0.2, 0) is 9.53 Å². The monoisotopic (exact) mass is 206 g/mol. The van der Waals surface area contributed by atoms with E-state index in [9.17, 15) is 9.90 Å². The van der Waals surface area contributed by atoms with E-state index < -0.39 is 18.0 Å². The van der Waals surface area contributed by atoms with E-state index in [1.165, 1.54) is 13.2 Å². The lowest BCUT2D eigenvalue weighted by atomic mass is 9.93. The van der Waals surface area contributed by atoms with Crippen LogP contribution in [0.2, 0.25) is 0 Å². The molecular weight excluding hydrogens is 192 g/mol. The van der Waals surface area contributed by atoms with Gasteiger partial charge in [0.15, 0.2) is 0 Å². The second-order valence-corrected chi connectivity index (χ2v) is 3.14. The average molecular weight is 206 g/mol. The minimum atomic E-state index is -0.931. The van der Waals surface area contributed by atoms with Crippen molar-refractivity contribution >= 4 is 5.97 Å². The summed E-state index contributed by atoms with van der Waals surface area (Å²) in [4.78, 5) is 11.5. The lowest BCUT2D eigenvalue weighted by Gasteiger charge is -2.18. The highest BCUT2D eigenvalue weighted by Gasteiger charge is 2.27. The Balaban J connectivity index is 3.01. The zero-order valence-electron chi connectivity index (χ0n) is 8.59. The number of carbonyl (C=O) groups excluding carboxylic acids is 1. The fraction of sp³-hybridized carbons (Fsp3) is 0.250. The molecule has 2 atom stereocenters. The van der Waals surface area contributed by atoms with Gasteiger partial charge in [-0.1, -0.05) is 36.4 Å². The van der Waals surface area contributed by atoms with Crippen molar-refractivity contribution in [2.45, 2.75) is 12.0 Å². The fourth-order valence-electron chi connectivity index (χ4n) is 1.40. The molecule has 1 aromatic carbocycles. The molecule has 0 bridgehead atoms. The van der Waals surface area contributed by atoms with E-state index in [-0.39, 0.29) is 0 Å². The summed E-state index contributed by atoms with van der Waals surface area (Å²) in [6.45, 7) is 3.47. The predicted molar refractivity (Wildman–Crippen MR) is 57.4 cm³/mol. The molecule has 0 aliphatic carbocycles. The number of esters is 1. The van der Waals surface area contributed by atoms with Crippen molar-refractivity contribution < 1.29 is 14.6 Å². The highest BCUT2D eigenvalue weighted by Crippen LogP contribution is 2.21. The Bertz CT molecular complexity index is 332. The summed E-state index contributed by atoms with van der Waals surface area (Å²) in [6.07, 6.45) is 0.397. The third-order valence-electron chi connectivity index (χ3n) is 2.20. The summed E-state index contributed by atoms with van der Waals surface area (Å²) in [5, 5.41) is 9.65. The van der Waals surface area contributed by atoms with Crippen molar-refractivity contribution in [3.8, 4) is 0 Å². The highest BCUT2D eigenvalue weighted by molar-refractivity contribution is 5.79. The highest BCUT2D eigenvalue weighted by atomic mass is 16.5. The Labute approximate surface area is 89.0 Å². The van der Waals surface area contributed by atoms with Crippen LogP contribution in [0, 0.1) is 0 Å². The maximum absolute atomic E-state index is 11.5. The first-order valence-electron chi connectivity index (χ1n) is 4.64. The molecule has 0 saturated carbocycles. The molecule has 1 N–H and O–H groups in total. The molecule has 0 aliphatic rings. The van der Waals surface area contributed by atoms with Crippen LogP contribution < -0.4 is 0 Å². The first-order valence-corrected chi connectivity index (χ1v) is 4.64. The van der Waals surface area contributed by atoms with Crippen molar-refractivity contribution in [3.63, 3.8) is 0 Å². The molecule has 1 aromatic rings. The SMILES string of the molecule is C=C[C@H](O)[C@@H](C(=O)OC)c1ccccc1. The van der Waals surface area contributed by atoms with Gasteiger partial charge in [-0.15, -0.1) is 6.58 Å². The lowest BCUT2D eigenvalue weighted by molar-refractivity contribution is -0.144. The zero-order chi connectivity index (χ0) is 11.3. The van der Waals surface area contributed by atoms with Gasteiger partial charge >= 0.3 is 5.97 Å². The maximum atomic E-state index is 11.5. The number of carbonyl (C=O) groups is 1. The minimum Gasteiger partial charge on any atom is -0.468 e. The van der Waals surface area contributed by atoms with Crippen molar-refractivity contribution in [3.05, 3.63) is 48.6 Å². The van der Waals surface area contributed by atoms with E-state index in [0.717, 1.165) is 5.56 Å². The van der Waals surface area contributed by atoms with Crippen molar-refractivity contribution in [1.29, 1.82) is 0 Å². The molecule has 0 heterocycles. The van der Waals surface area contributed by atoms with Gasteiger partial charge in [0.1, 0.15) is 5.92 Å². The van der Waals surface area contributed by atoms with Gasteiger partial charge in [-0.25, -0.2) is 0 Å². The van der Waals surface area contributed by atoms with E-state index >= 15 is 0 Å². The van der Waals surface area contributed by atoms with Crippen LogP contribution in [0.1, 0.15) is 11.5 Å². The third kappa shape index (κ3) is 2.67. The topological polar surface area (TPSA) is 46.5 Å². The molecule has 0 radical (unpaired) electrons. The molecule has 0 unspecified atom stereocenters. The van der Waals surface area contributed by atoms with Gasteiger partial charge in [-0.05, 0) is 5.56 Å². The third-order valence-corrected chi connectivity index (χ3v) is 2.20. The van der Waals surface area contributed by atoms with Crippen molar-refractivity contribution in [2.24, 2.45) is 0 Å². The smallest absolute Gasteiger partial charge is 0.316 e. The summed E-state index contributed by atoms with van der Waals surface area (Å²) in [5.41, 5.74) is 0.719. The van der Waals surface area contributed by atoms with Gasteiger partial charge in [-0.3, -0.25) is 4.79 Å². The zero-order valence-corrected chi connectivity index (χ0v) is 8.59. The Kier molecular flexibility index (Phi) is 4.06. The quantitative estimate of drug-likeness (QED) is 0.599. The van der Waals surface area contributed by atoms with E-state index in [4.69, 9.17) is 0 Å². The van der Waals surface area contributed by atoms with Crippen LogP contribution in [0.5, 0.6) is 0 Å². The summed E-state index contributed by atoms with van der Waals surface area (Å²) in [5.74, 6) is -1.16. The predicted octanol–water partition coefficient (Wildman–Crippen LogP) is 1.49. The van der Waals surface area contributed by atoms with Crippen LogP contribution in [0.4, 0.5) is 0 Å². The number of aliphatic hydroxyl groups excluding tert-OH is 1. The van der Waals surface area contributed by atoms with Gasteiger partial charge < -0.3 is 9.84 Å². The van der Waals surface area contributed by atoms with E-state index in [2.05, 4.69) is 11.3 Å². The number of aliphatic hydroxyl groups is 1. The lowest BCUT2D eigenvalue weighted by Crippen LogP contribution is -2.25. The number of benzene rings is 1. The molecule has 1 rings (SSSR count). The summed E-state index contributed by atoms with van der Waals surface area (Å²) in [6, 6.07) is 9.00. The molecule has 0 aliphatic heterocycles. The fourth-order valence-corrected chi connectivity index (χ4v) is 1.40. The first kappa shape index (κ1) is 11.5. The molecule has 0 saturated heterocycles. The molecule has 0 aromatic heterocycles. The van der Waals surface area contributed by atoms with Crippen molar-refractivity contribution in [1.82, 2.24) is 0 Å². The van der Waals surface area contributed by atoms with Crippen LogP contribution in [-0.4, -0.2) is 24.3 Å². The molecule has 80 valence electrons. The van der Waals surface area contributed by atoms with Gasteiger partial charge in [0.25, 0.3) is 0 Å². The van der Waals surface area contributed by atoms with Crippen LogP contribution in [0.25, 0.3) is 0 Å². The van der Waals surface area contributed by atoms with Crippen LogP contribution >= 0.6 is 0 Å². The Morgan fingerprint density at radius 3 is 2.53 bits per heavy atom. The first-order chi connectivity index (χ1) is 7.20. The second kappa shape index (κ2) is 5.32. The van der Waals surface area contributed by atoms with Gasteiger partial charge in [0.05, 0.1) is 13.2 Å². The molecule has 0 fully saturated rings. The average Bonchev–Trinajstić information content (AvgIpc) is 2.30. The largest absolute Gasteiger partial charge is 0.468 e. The Hall–Kier alpha value is -1.61. The number of hydrogen-bond acceptors (Lipinski definition) is 3. The summed E-state index contributed by atoms with van der Waals surface area (Å²) in [7, 11) is 1.30. The standard InChI is InChI=1S/C12H14O3/c1-3-10(13)11(12(14)15-2)9-7-5-4-6-8-9/h3-8,10-11,13H,1H2,2H3/t10-,11-/m0/s1. The number of rotatable bonds is 4. The Morgan fingerprint density at radius 1 is 1.47 bits per heavy atom. The van der Waals surface area contributed by atoms with Crippen LogP contribution in [0.15, 0.2) is 43.0 Å².